The molecule has 0 radical (unpaired) electrons. The van der Waals surface area contributed by atoms with E-state index in [-0.39, 0.29) is 61.8 Å². The minimum absolute atomic E-state index is 0.0309. The number of likely N-dealkylation sites (tertiary alicyclic amines) is 1. The van der Waals surface area contributed by atoms with Crippen molar-refractivity contribution in [3.8, 4) is 0 Å². The highest BCUT2D eigenvalue weighted by Gasteiger charge is 2.36. The second-order valence-electron chi connectivity index (χ2n) is 9.12. The third-order valence-electron chi connectivity index (χ3n) is 4.97. The Hall–Kier alpha value is -1.94. The zero-order chi connectivity index (χ0) is 23.8. The van der Waals surface area contributed by atoms with Crippen LogP contribution in [-0.4, -0.2) is 70.4 Å². The lowest BCUT2D eigenvalue weighted by molar-refractivity contribution is -0.138. The highest BCUT2D eigenvalue weighted by Crippen LogP contribution is 2.20. The lowest BCUT2D eigenvalue weighted by Crippen LogP contribution is -2.46. The second kappa shape index (κ2) is 11.6. The van der Waals surface area contributed by atoms with Crippen LogP contribution in [0.5, 0.6) is 0 Å². The summed E-state index contributed by atoms with van der Waals surface area (Å²) in [5.74, 6) is -1.21. The van der Waals surface area contributed by atoms with E-state index in [0.717, 1.165) is 4.90 Å². The van der Waals surface area contributed by atoms with Gasteiger partial charge in [-0.3, -0.25) is 28.9 Å². The third-order valence-corrected chi connectivity index (χ3v) is 5.37. The molecular weight excluding hydrogens is 422 g/mol. The molecule has 4 amide bonds. The van der Waals surface area contributed by atoms with E-state index in [1.54, 1.807) is 0 Å². The van der Waals surface area contributed by atoms with Gasteiger partial charge in [-0.05, 0) is 47.5 Å². The zero-order valence-electron chi connectivity index (χ0n) is 19.1. The number of nitrogens with zero attached hydrogens (tertiary/aromatic N) is 1. The average molecular weight is 458 g/mol. The molecule has 1 aliphatic heterocycles. The third kappa shape index (κ3) is 10.3. The Morgan fingerprint density at radius 2 is 1.74 bits per heavy atom. The first-order valence-electron chi connectivity index (χ1n) is 10.5. The Balaban J connectivity index is 2.33. The summed E-state index contributed by atoms with van der Waals surface area (Å²) >= 11 is 4.06. The van der Waals surface area contributed by atoms with Crippen LogP contribution >= 0.6 is 12.6 Å². The molecule has 1 fully saturated rings. The van der Waals surface area contributed by atoms with Crippen molar-refractivity contribution >= 4 is 42.0 Å². The molecule has 2 N–H and O–H groups in total. The summed E-state index contributed by atoms with van der Waals surface area (Å²) in [7, 11) is 0. The van der Waals surface area contributed by atoms with Crippen LogP contribution < -0.4 is 10.6 Å². The summed E-state index contributed by atoms with van der Waals surface area (Å²) in [6.07, 6.45) is 1.39. The van der Waals surface area contributed by atoms with Gasteiger partial charge in [-0.25, -0.2) is 0 Å². The van der Waals surface area contributed by atoms with Crippen LogP contribution in [-0.2, 0) is 28.7 Å². The molecule has 0 aromatic carbocycles. The fourth-order valence-corrected chi connectivity index (χ4v) is 3.29. The van der Waals surface area contributed by atoms with Gasteiger partial charge in [0.15, 0.2) is 0 Å². The molecule has 1 rings (SSSR count). The molecular formula is C21H35N3O6S. The number of carbonyl (C=O) groups excluding carboxylic acids is 5. The number of rotatable bonds is 13. The number of carbonyl (C=O) groups is 5. The summed E-state index contributed by atoms with van der Waals surface area (Å²) in [5, 5.41) is 4.84. The summed E-state index contributed by atoms with van der Waals surface area (Å²) in [4.78, 5) is 59.6. The van der Waals surface area contributed by atoms with Gasteiger partial charge in [0.1, 0.15) is 5.78 Å². The van der Waals surface area contributed by atoms with Crippen LogP contribution in [0.25, 0.3) is 0 Å². The topological polar surface area (TPSA) is 122 Å². The van der Waals surface area contributed by atoms with E-state index in [2.05, 4.69) is 23.3 Å². The summed E-state index contributed by atoms with van der Waals surface area (Å²) < 4.78 is 5.90. The van der Waals surface area contributed by atoms with Gasteiger partial charge in [0.05, 0.1) is 17.4 Å². The minimum atomic E-state index is -0.618. The van der Waals surface area contributed by atoms with E-state index in [1.165, 1.54) is 6.92 Å². The highest BCUT2D eigenvalue weighted by molar-refractivity contribution is 7.81. The molecule has 0 aromatic rings. The number of ketones is 1. The number of Topliss-reactive ketones (excluding diaryl/α,β-unsaturated/α-hetero) is 1. The first-order chi connectivity index (χ1) is 14.2. The van der Waals surface area contributed by atoms with Crippen LogP contribution in [0.2, 0.25) is 0 Å². The number of hydrogen-bond acceptors (Lipinski definition) is 7. The molecule has 1 saturated heterocycles. The van der Waals surface area contributed by atoms with Crippen molar-refractivity contribution in [3.63, 3.8) is 0 Å². The SMILES string of the molecule is CC(=O)CNC(=O)CCC(C)(C)OCCC(C)(C)NC(=O)CCN1C(=O)CC(S)C1=O. The van der Waals surface area contributed by atoms with Crippen molar-refractivity contribution < 1.29 is 28.7 Å². The number of imide groups is 1. The molecule has 1 atom stereocenters. The second-order valence-corrected chi connectivity index (χ2v) is 9.75. The Morgan fingerprint density at radius 3 is 2.29 bits per heavy atom. The van der Waals surface area contributed by atoms with Crippen LogP contribution in [0, 0.1) is 0 Å². The van der Waals surface area contributed by atoms with Gasteiger partial charge in [0.25, 0.3) is 0 Å². The molecule has 0 spiro atoms. The van der Waals surface area contributed by atoms with E-state index in [1.807, 2.05) is 27.7 Å². The van der Waals surface area contributed by atoms with Gasteiger partial charge in [0.2, 0.25) is 23.6 Å². The lowest BCUT2D eigenvalue weighted by atomic mass is 9.99. The Kier molecular flexibility index (Phi) is 10.2. The molecule has 0 saturated carbocycles. The van der Waals surface area contributed by atoms with E-state index >= 15 is 0 Å². The summed E-state index contributed by atoms with van der Waals surface area (Å²) in [6, 6.07) is 0. The molecule has 1 heterocycles. The van der Waals surface area contributed by atoms with Gasteiger partial charge in [0, 0.05) is 38.0 Å². The van der Waals surface area contributed by atoms with E-state index in [9.17, 15) is 24.0 Å². The maximum absolute atomic E-state index is 12.3. The molecule has 9 nitrogen and oxygen atoms in total. The van der Waals surface area contributed by atoms with Crippen LogP contribution in [0.1, 0.15) is 66.7 Å². The van der Waals surface area contributed by atoms with E-state index in [0.29, 0.717) is 19.4 Å². The fourth-order valence-electron chi connectivity index (χ4n) is 3.00. The monoisotopic (exact) mass is 457 g/mol. The van der Waals surface area contributed by atoms with Crippen LogP contribution in [0.4, 0.5) is 0 Å². The standard InChI is InChI=1S/C21H35N3O6S/c1-14(25)13-22-16(26)6-8-21(4,5)30-11-9-20(2,3)23-17(27)7-10-24-18(28)12-15(31)19(24)29/h15,31H,6-13H2,1-5H3,(H,22,26)(H,23,27). The quantitative estimate of drug-likeness (QED) is 0.280. The molecule has 31 heavy (non-hydrogen) atoms. The maximum atomic E-state index is 12.3. The zero-order valence-corrected chi connectivity index (χ0v) is 20.0. The molecule has 0 bridgehead atoms. The van der Waals surface area contributed by atoms with E-state index < -0.39 is 16.4 Å². The van der Waals surface area contributed by atoms with Gasteiger partial charge < -0.3 is 15.4 Å². The number of ether oxygens (including phenoxy) is 1. The number of hydrogen-bond donors (Lipinski definition) is 3. The first-order valence-corrected chi connectivity index (χ1v) is 11.0. The van der Waals surface area contributed by atoms with Gasteiger partial charge in [-0.15, -0.1) is 0 Å². The highest BCUT2D eigenvalue weighted by atomic mass is 32.1. The normalized spacial score (nSPS) is 17.1. The molecule has 1 unspecified atom stereocenters. The minimum Gasteiger partial charge on any atom is -0.375 e. The smallest absolute Gasteiger partial charge is 0.242 e. The van der Waals surface area contributed by atoms with Crippen molar-refractivity contribution in [1.29, 1.82) is 0 Å². The van der Waals surface area contributed by atoms with Crippen LogP contribution in [0.3, 0.4) is 0 Å². The Morgan fingerprint density at radius 1 is 1.10 bits per heavy atom. The number of thiol groups is 1. The molecule has 10 heteroatoms. The van der Waals surface area contributed by atoms with Crippen molar-refractivity contribution in [1.82, 2.24) is 15.5 Å². The van der Waals surface area contributed by atoms with Crippen molar-refractivity contribution in [2.75, 3.05) is 19.7 Å². The predicted molar refractivity (Wildman–Crippen MR) is 119 cm³/mol. The molecule has 176 valence electrons. The molecule has 1 aliphatic rings. The van der Waals surface area contributed by atoms with Gasteiger partial charge in [-0.2, -0.15) is 12.6 Å². The predicted octanol–water partition coefficient (Wildman–Crippen LogP) is 0.999. The Labute approximate surface area is 189 Å². The first kappa shape index (κ1) is 27.1. The molecule has 0 aromatic heterocycles. The summed E-state index contributed by atoms with van der Waals surface area (Å²) in [6.45, 7) is 9.37. The van der Waals surface area contributed by atoms with E-state index in [4.69, 9.17) is 4.74 Å². The summed E-state index contributed by atoms with van der Waals surface area (Å²) in [5.41, 5.74) is -1.08. The largest absolute Gasteiger partial charge is 0.375 e. The van der Waals surface area contributed by atoms with Gasteiger partial charge >= 0.3 is 0 Å². The number of amides is 4. The Bertz CT molecular complexity index is 707. The lowest BCUT2D eigenvalue weighted by Gasteiger charge is -2.30. The average Bonchev–Trinajstić information content (AvgIpc) is 2.87. The van der Waals surface area contributed by atoms with Crippen molar-refractivity contribution in [3.05, 3.63) is 0 Å². The van der Waals surface area contributed by atoms with Crippen LogP contribution in [0.15, 0.2) is 0 Å². The van der Waals surface area contributed by atoms with Crippen molar-refractivity contribution in [2.45, 2.75) is 83.1 Å². The number of nitrogens with one attached hydrogen (secondary N) is 2. The van der Waals surface area contributed by atoms with Gasteiger partial charge in [-0.1, -0.05) is 0 Å². The maximum Gasteiger partial charge on any atom is 0.242 e. The molecule has 0 aliphatic carbocycles. The van der Waals surface area contributed by atoms with Crippen molar-refractivity contribution in [2.24, 2.45) is 0 Å². The fraction of sp³-hybridized carbons (Fsp3) is 0.762.